The Morgan fingerprint density at radius 2 is 1.95 bits per heavy atom. The van der Waals surface area contributed by atoms with Gasteiger partial charge in [0.1, 0.15) is 11.3 Å². The third-order valence-corrected chi connectivity index (χ3v) is 4.15. The molecule has 0 bridgehead atoms. The molecule has 6 nitrogen and oxygen atoms in total. The van der Waals surface area contributed by atoms with Crippen LogP contribution in [0.3, 0.4) is 0 Å². The van der Waals surface area contributed by atoms with Crippen LogP contribution in [0.2, 0.25) is 0 Å². The summed E-state index contributed by atoms with van der Waals surface area (Å²) >= 11 is 0. The minimum Gasteiger partial charge on any atom is -0.497 e. The molecular formula is C15H19NO5. The highest BCUT2D eigenvalue weighted by atomic mass is 16.5. The summed E-state index contributed by atoms with van der Waals surface area (Å²) < 4.78 is 5.06. The van der Waals surface area contributed by atoms with Crippen LogP contribution in [-0.4, -0.2) is 34.8 Å². The molecule has 114 valence electrons. The number of hydrogen-bond acceptors (Lipinski definition) is 4. The SMILES string of the molecule is COc1ccc(CC[C@](N)(C(=O)O)C2C[C@@H]2C(=O)O)cc1. The summed E-state index contributed by atoms with van der Waals surface area (Å²) in [6.07, 6.45) is 1.03. The van der Waals surface area contributed by atoms with Crippen LogP contribution in [0, 0.1) is 11.8 Å². The molecule has 4 N–H and O–H groups in total. The van der Waals surface area contributed by atoms with E-state index in [2.05, 4.69) is 0 Å². The number of ether oxygens (including phenoxy) is 1. The zero-order valence-electron chi connectivity index (χ0n) is 11.8. The molecule has 0 saturated heterocycles. The average Bonchev–Trinajstić information content (AvgIpc) is 3.26. The van der Waals surface area contributed by atoms with Crippen molar-refractivity contribution in [2.45, 2.75) is 24.8 Å². The van der Waals surface area contributed by atoms with Crippen LogP contribution in [0.4, 0.5) is 0 Å². The summed E-state index contributed by atoms with van der Waals surface area (Å²) in [7, 11) is 1.57. The van der Waals surface area contributed by atoms with Gasteiger partial charge in [-0.3, -0.25) is 9.59 Å². The Balaban J connectivity index is 2.03. The van der Waals surface area contributed by atoms with E-state index < -0.39 is 29.3 Å². The summed E-state index contributed by atoms with van der Waals surface area (Å²) in [6, 6.07) is 7.29. The molecule has 3 atom stereocenters. The maximum atomic E-state index is 11.5. The second-order valence-corrected chi connectivity index (χ2v) is 5.48. The number of carboxylic acids is 2. The monoisotopic (exact) mass is 293 g/mol. The predicted molar refractivity (Wildman–Crippen MR) is 75.1 cm³/mol. The number of aryl methyl sites for hydroxylation is 1. The van der Waals surface area contributed by atoms with Gasteiger partial charge in [-0.25, -0.2) is 0 Å². The van der Waals surface area contributed by atoms with Crippen molar-refractivity contribution in [3.8, 4) is 5.75 Å². The number of methoxy groups -OCH3 is 1. The van der Waals surface area contributed by atoms with Gasteiger partial charge in [0.25, 0.3) is 0 Å². The molecule has 1 saturated carbocycles. The van der Waals surface area contributed by atoms with Crippen LogP contribution < -0.4 is 10.5 Å². The summed E-state index contributed by atoms with van der Waals surface area (Å²) in [6.45, 7) is 0. The second-order valence-electron chi connectivity index (χ2n) is 5.48. The molecular weight excluding hydrogens is 274 g/mol. The number of nitrogens with two attached hydrogens (primary N) is 1. The van der Waals surface area contributed by atoms with E-state index >= 15 is 0 Å². The molecule has 1 aliphatic rings. The van der Waals surface area contributed by atoms with Crippen LogP contribution in [0.15, 0.2) is 24.3 Å². The summed E-state index contributed by atoms with van der Waals surface area (Å²) in [4.78, 5) is 22.4. The lowest BCUT2D eigenvalue weighted by Gasteiger charge is -2.25. The molecule has 0 spiro atoms. The van der Waals surface area contributed by atoms with Gasteiger partial charge in [0, 0.05) is 5.92 Å². The fourth-order valence-electron chi connectivity index (χ4n) is 2.63. The first kappa shape index (κ1) is 15.3. The smallest absolute Gasteiger partial charge is 0.324 e. The van der Waals surface area contributed by atoms with E-state index in [0.29, 0.717) is 12.8 Å². The average molecular weight is 293 g/mol. The topological polar surface area (TPSA) is 110 Å². The van der Waals surface area contributed by atoms with E-state index in [4.69, 9.17) is 15.6 Å². The minimum atomic E-state index is -1.48. The van der Waals surface area contributed by atoms with Gasteiger partial charge < -0.3 is 20.7 Å². The lowest BCUT2D eigenvalue weighted by molar-refractivity contribution is -0.145. The summed E-state index contributed by atoms with van der Waals surface area (Å²) in [5, 5.41) is 18.3. The lowest BCUT2D eigenvalue weighted by atomic mass is 9.86. The second kappa shape index (κ2) is 5.73. The van der Waals surface area contributed by atoms with Gasteiger partial charge in [-0.2, -0.15) is 0 Å². The van der Waals surface area contributed by atoms with E-state index in [1.807, 2.05) is 12.1 Å². The molecule has 0 amide bonds. The van der Waals surface area contributed by atoms with Crippen molar-refractivity contribution in [1.29, 1.82) is 0 Å². The van der Waals surface area contributed by atoms with E-state index in [0.717, 1.165) is 11.3 Å². The Kier molecular flexibility index (Phi) is 4.18. The molecule has 0 aromatic heterocycles. The molecule has 2 rings (SSSR count). The standard InChI is InChI=1S/C15H19NO5/c1-21-10-4-2-9(3-5-10)6-7-15(16,14(19)20)12-8-11(12)13(17)18/h2-5,11-12H,6-8,16H2,1H3,(H,17,18)(H,19,20)/t11-,12?,15+/m0/s1. The minimum absolute atomic E-state index is 0.211. The number of rotatable bonds is 7. The first-order valence-electron chi connectivity index (χ1n) is 6.76. The van der Waals surface area contributed by atoms with E-state index in [9.17, 15) is 14.7 Å². The largest absolute Gasteiger partial charge is 0.497 e. The van der Waals surface area contributed by atoms with Gasteiger partial charge in [0.05, 0.1) is 13.0 Å². The Morgan fingerprint density at radius 3 is 2.38 bits per heavy atom. The predicted octanol–water partition coefficient (Wildman–Crippen LogP) is 1.13. The van der Waals surface area contributed by atoms with Gasteiger partial charge in [0.15, 0.2) is 0 Å². The first-order chi connectivity index (χ1) is 9.88. The molecule has 0 heterocycles. The molecule has 1 unspecified atom stereocenters. The molecule has 1 aromatic carbocycles. The van der Waals surface area contributed by atoms with Gasteiger partial charge >= 0.3 is 11.9 Å². The lowest BCUT2D eigenvalue weighted by Crippen LogP contribution is -2.51. The van der Waals surface area contributed by atoms with Gasteiger partial charge in [-0.1, -0.05) is 12.1 Å². The summed E-state index contributed by atoms with van der Waals surface area (Å²) in [5.74, 6) is -2.51. The molecule has 0 aliphatic heterocycles. The highest BCUT2D eigenvalue weighted by Gasteiger charge is 2.57. The van der Waals surface area contributed by atoms with Crippen LogP contribution in [0.5, 0.6) is 5.75 Å². The maximum Gasteiger partial charge on any atom is 0.324 e. The van der Waals surface area contributed by atoms with Gasteiger partial charge in [-0.15, -0.1) is 0 Å². The number of aliphatic carboxylic acids is 2. The van der Waals surface area contributed by atoms with Crippen molar-refractivity contribution in [2.75, 3.05) is 7.11 Å². The quantitative estimate of drug-likeness (QED) is 0.695. The van der Waals surface area contributed by atoms with E-state index in [1.165, 1.54) is 0 Å². The van der Waals surface area contributed by atoms with E-state index in [-0.39, 0.29) is 6.42 Å². The van der Waals surface area contributed by atoms with Crippen LogP contribution >= 0.6 is 0 Å². The van der Waals surface area contributed by atoms with Crippen LogP contribution in [-0.2, 0) is 16.0 Å². The number of carbonyl (C=O) groups is 2. The van der Waals surface area contributed by atoms with Crippen LogP contribution in [0.25, 0.3) is 0 Å². The third-order valence-electron chi connectivity index (χ3n) is 4.15. The highest BCUT2D eigenvalue weighted by Crippen LogP contribution is 2.47. The van der Waals surface area contributed by atoms with Crippen molar-refractivity contribution < 1.29 is 24.5 Å². The van der Waals surface area contributed by atoms with Crippen molar-refractivity contribution in [2.24, 2.45) is 17.6 Å². The fraction of sp³-hybridized carbons (Fsp3) is 0.467. The highest BCUT2D eigenvalue weighted by molar-refractivity contribution is 5.83. The van der Waals surface area contributed by atoms with Crippen molar-refractivity contribution in [3.63, 3.8) is 0 Å². The zero-order valence-corrected chi connectivity index (χ0v) is 11.8. The summed E-state index contributed by atoms with van der Waals surface area (Å²) in [5.41, 5.74) is 5.45. The molecule has 1 aliphatic carbocycles. The molecule has 1 fully saturated rings. The molecule has 6 heteroatoms. The molecule has 21 heavy (non-hydrogen) atoms. The van der Waals surface area contributed by atoms with E-state index in [1.54, 1.807) is 19.2 Å². The van der Waals surface area contributed by atoms with Crippen molar-refractivity contribution in [3.05, 3.63) is 29.8 Å². The van der Waals surface area contributed by atoms with Gasteiger partial charge in [0.2, 0.25) is 0 Å². The molecule has 1 aromatic rings. The Bertz CT molecular complexity index is 541. The zero-order chi connectivity index (χ0) is 15.6. The number of hydrogen-bond donors (Lipinski definition) is 3. The number of carboxylic acid groups (broad SMARTS) is 2. The van der Waals surface area contributed by atoms with Crippen LogP contribution in [0.1, 0.15) is 18.4 Å². The Hall–Kier alpha value is -2.08. The fourth-order valence-corrected chi connectivity index (χ4v) is 2.63. The van der Waals surface area contributed by atoms with Crippen molar-refractivity contribution >= 4 is 11.9 Å². The normalized spacial score (nSPS) is 23.1. The molecule has 0 radical (unpaired) electrons. The third kappa shape index (κ3) is 3.16. The Morgan fingerprint density at radius 1 is 1.33 bits per heavy atom. The maximum absolute atomic E-state index is 11.5. The first-order valence-corrected chi connectivity index (χ1v) is 6.76. The Labute approximate surface area is 122 Å². The number of benzene rings is 1. The van der Waals surface area contributed by atoms with Gasteiger partial charge in [-0.05, 0) is 37.0 Å². The van der Waals surface area contributed by atoms with Crippen molar-refractivity contribution in [1.82, 2.24) is 0 Å².